The van der Waals surface area contributed by atoms with Crippen LogP contribution in [-0.2, 0) is 9.59 Å². The number of hydrogen-bond acceptors (Lipinski definition) is 2. The lowest BCUT2D eigenvalue weighted by molar-refractivity contribution is -0.716. The van der Waals surface area contributed by atoms with Crippen molar-refractivity contribution in [3.63, 3.8) is 0 Å². The first-order chi connectivity index (χ1) is 8.75. The summed E-state index contributed by atoms with van der Waals surface area (Å²) in [7, 11) is 0. The third-order valence-electron chi connectivity index (χ3n) is 3.09. The van der Waals surface area contributed by atoms with Crippen LogP contribution in [0.2, 0.25) is 0 Å². The minimum Gasteiger partial charge on any atom is -0.478 e. The molecule has 2 atom stereocenters. The Labute approximate surface area is 112 Å². The number of carboxylic acids is 2. The summed E-state index contributed by atoms with van der Waals surface area (Å²) < 4.78 is 3.09. The van der Waals surface area contributed by atoms with Gasteiger partial charge in [-0.15, -0.1) is 0 Å². The lowest BCUT2D eigenvalue weighted by Gasteiger charge is -2.14. The molecule has 1 aromatic rings. The number of imidazole rings is 1. The van der Waals surface area contributed by atoms with Gasteiger partial charge in [-0.2, -0.15) is 0 Å². The Morgan fingerprint density at radius 1 is 1.05 bits per heavy atom. The monoisotopic (exact) mass is 269 g/mol. The molecule has 6 heteroatoms. The van der Waals surface area contributed by atoms with Gasteiger partial charge >= 0.3 is 11.9 Å². The summed E-state index contributed by atoms with van der Waals surface area (Å²) in [5.41, 5.74) is 0. The highest BCUT2D eigenvalue weighted by molar-refractivity contribution is 5.72. The van der Waals surface area contributed by atoms with E-state index >= 15 is 0 Å². The van der Waals surface area contributed by atoms with Gasteiger partial charge in [-0.1, -0.05) is 27.7 Å². The molecule has 0 aliphatic carbocycles. The van der Waals surface area contributed by atoms with Crippen molar-refractivity contribution < 1.29 is 24.4 Å². The number of carbonyl (C=O) groups is 2. The molecule has 1 rings (SSSR count). The van der Waals surface area contributed by atoms with E-state index in [4.69, 9.17) is 0 Å². The molecule has 0 saturated carbocycles. The second kappa shape index (κ2) is 5.86. The van der Waals surface area contributed by atoms with Gasteiger partial charge in [0.05, 0.1) is 0 Å². The van der Waals surface area contributed by atoms with E-state index in [2.05, 4.69) is 0 Å². The number of carboxylic acid groups (broad SMARTS) is 2. The topological polar surface area (TPSA) is 83.4 Å². The zero-order valence-electron chi connectivity index (χ0n) is 11.6. The lowest BCUT2D eigenvalue weighted by atomic mass is 10.0. The number of hydrogen-bond donors (Lipinski definition) is 2. The van der Waals surface area contributed by atoms with E-state index in [1.807, 2.05) is 27.7 Å². The zero-order chi connectivity index (χ0) is 14.7. The molecule has 0 aliphatic rings. The van der Waals surface area contributed by atoms with Gasteiger partial charge in [0.1, 0.15) is 12.4 Å². The molecule has 0 radical (unpaired) electrons. The van der Waals surface area contributed by atoms with Gasteiger partial charge in [0.25, 0.3) is 0 Å². The van der Waals surface area contributed by atoms with Gasteiger partial charge in [-0.3, -0.25) is 0 Å². The zero-order valence-corrected chi connectivity index (χ0v) is 11.6. The maximum Gasteiger partial charge on any atom is 0.349 e. The minimum absolute atomic E-state index is 0.0827. The van der Waals surface area contributed by atoms with Crippen molar-refractivity contribution in [2.24, 2.45) is 11.8 Å². The predicted molar refractivity (Wildman–Crippen MR) is 67.6 cm³/mol. The molecule has 0 unspecified atom stereocenters. The second-order valence-corrected chi connectivity index (χ2v) is 5.36. The third kappa shape index (κ3) is 3.33. The molecule has 106 valence electrons. The van der Waals surface area contributed by atoms with E-state index in [1.54, 1.807) is 27.9 Å². The van der Waals surface area contributed by atoms with Gasteiger partial charge < -0.3 is 10.2 Å². The number of aliphatic carboxylic acids is 2. The molecule has 0 saturated heterocycles. The molecular weight excluding hydrogens is 248 g/mol. The Kier molecular flexibility index (Phi) is 4.69. The van der Waals surface area contributed by atoms with Gasteiger partial charge in [0.15, 0.2) is 12.1 Å². The number of aromatic nitrogens is 2. The number of rotatable bonds is 6. The SMILES string of the molecule is CC(C)[C@@H](C(=O)O)n1cc[n+]([C@H](C(=O)O)C(C)C)c1. The molecule has 0 amide bonds. The van der Waals surface area contributed by atoms with Crippen molar-refractivity contribution in [2.45, 2.75) is 39.8 Å². The van der Waals surface area contributed by atoms with E-state index in [0.29, 0.717) is 0 Å². The first-order valence-corrected chi connectivity index (χ1v) is 6.29. The van der Waals surface area contributed by atoms with Crippen molar-refractivity contribution in [2.75, 3.05) is 0 Å². The molecule has 2 N–H and O–H groups in total. The highest BCUT2D eigenvalue weighted by atomic mass is 16.4. The van der Waals surface area contributed by atoms with Crippen LogP contribution >= 0.6 is 0 Å². The van der Waals surface area contributed by atoms with Crippen LogP contribution in [0.5, 0.6) is 0 Å². The standard InChI is InChI=1S/C13H20N2O4/c1-8(2)10(12(16)17)14-5-6-15(7-14)11(9(3)4)13(18)19/h5-11H,1-4H3,(H-,16,17,18,19)/p+1/t10-,11-/m0/s1. The van der Waals surface area contributed by atoms with Gasteiger partial charge in [0.2, 0.25) is 6.33 Å². The highest BCUT2D eigenvalue weighted by Crippen LogP contribution is 2.18. The number of nitrogens with zero attached hydrogens (tertiary/aromatic N) is 2. The van der Waals surface area contributed by atoms with Crippen molar-refractivity contribution in [3.05, 3.63) is 18.7 Å². The van der Waals surface area contributed by atoms with Crippen LogP contribution in [-0.4, -0.2) is 26.7 Å². The van der Waals surface area contributed by atoms with E-state index < -0.39 is 24.0 Å². The molecule has 0 bridgehead atoms. The maximum absolute atomic E-state index is 11.2. The fraction of sp³-hybridized carbons (Fsp3) is 0.615. The van der Waals surface area contributed by atoms with Crippen LogP contribution in [0, 0.1) is 11.8 Å². The molecule has 1 aromatic heterocycles. The van der Waals surface area contributed by atoms with Gasteiger partial charge in [-0.25, -0.2) is 18.7 Å². The molecule has 0 fully saturated rings. The van der Waals surface area contributed by atoms with E-state index in [9.17, 15) is 19.8 Å². The smallest absolute Gasteiger partial charge is 0.349 e. The first-order valence-electron chi connectivity index (χ1n) is 6.29. The Morgan fingerprint density at radius 2 is 1.63 bits per heavy atom. The van der Waals surface area contributed by atoms with Crippen LogP contribution in [0.4, 0.5) is 0 Å². The summed E-state index contributed by atoms with van der Waals surface area (Å²) in [5, 5.41) is 18.4. The molecule has 0 spiro atoms. The average molecular weight is 269 g/mol. The van der Waals surface area contributed by atoms with Gasteiger partial charge in [0, 0.05) is 11.8 Å². The Balaban J connectivity index is 3.10. The summed E-state index contributed by atoms with van der Waals surface area (Å²) in [4.78, 5) is 22.5. The second-order valence-electron chi connectivity index (χ2n) is 5.36. The molecule has 0 aromatic carbocycles. The van der Waals surface area contributed by atoms with Crippen LogP contribution in [0.15, 0.2) is 18.7 Å². The quantitative estimate of drug-likeness (QED) is 0.763. The summed E-state index contributed by atoms with van der Waals surface area (Å²) in [5.74, 6) is -2.01. The predicted octanol–water partition coefficient (Wildman–Crippen LogP) is 1.34. The molecule has 0 aliphatic heterocycles. The van der Waals surface area contributed by atoms with Crippen molar-refractivity contribution in [3.8, 4) is 0 Å². The van der Waals surface area contributed by atoms with Crippen LogP contribution in [0.25, 0.3) is 0 Å². The average Bonchev–Trinajstić information content (AvgIpc) is 2.64. The highest BCUT2D eigenvalue weighted by Gasteiger charge is 2.32. The Hall–Kier alpha value is -1.85. The largest absolute Gasteiger partial charge is 0.478 e. The molecular formula is C13H21N2O4+. The van der Waals surface area contributed by atoms with Crippen molar-refractivity contribution >= 4 is 11.9 Å². The Morgan fingerprint density at radius 3 is 2.00 bits per heavy atom. The van der Waals surface area contributed by atoms with Crippen LogP contribution < -0.4 is 4.57 Å². The normalized spacial score (nSPS) is 14.6. The maximum atomic E-state index is 11.2. The molecule has 1 heterocycles. The van der Waals surface area contributed by atoms with Crippen molar-refractivity contribution in [1.29, 1.82) is 0 Å². The first kappa shape index (κ1) is 15.2. The lowest BCUT2D eigenvalue weighted by Crippen LogP contribution is -2.45. The van der Waals surface area contributed by atoms with E-state index in [0.717, 1.165) is 0 Å². The summed E-state index contributed by atoms with van der Waals surface area (Å²) in [6, 6.07) is -1.38. The fourth-order valence-electron chi connectivity index (χ4n) is 2.23. The molecule has 19 heavy (non-hydrogen) atoms. The Bertz CT molecular complexity index is 424. The summed E-state index contributed by atoms with van der Waals surface area (Å²) in [6.45, 7) is 7.28. The van der Waals surface area contributed by atoms with E-state index in [-0.39, 0.29) is 11.8 Å². The van der Waals surface area contributed by atoms with Crippen LogP contribution in [0.3, 0.4) is 0 Å². The fourth-order valence-corrected chi connectivity index (χ4v) is 2.23. The summed E-state index contributed by atoms with van der Waals surface area (Å²) in [6.07, 6.45) is 4.77. The summed E-state index contributed by atoms with van der Waals surface area (Å²) >= 11 is 0. The van der Waals surface area contributed by atoms with E-state index in [1.165, 1.54) is 0 Å². The molecule has 6 nitrogen and oxygen atoms in total. The minimum atomic E-state index is -0.922. The van der Waals surface area contributed by atoms with Crippen LogP contribution in [0.1, 0.15) is 39.8 Å². The third-order valence-corrected chi connectivity index (χ3v) is 3.09. The van der Waals surface area contributed by atoms with Crippen molar-refractivity contribution in [1.82, 2.24) is 4.57 Å². The van der Waals surface area contributed by atoms with Gasteiger partial charge in [-0.05, 0) is 0 Å².